The van der Waals surface area contributed by atoms with Crippen molar-refractivity contribution in [2.45, 2.75) is 51.8 Å². The van der Waals surface area contributed by atoms with E-state index in [0.29, 0.717) is 6.42 Å². The molecule has 0 aliphatic carbocycles. The maximum absolute atomic E-state index is 11.3. The second-order valence-electron chi connectivity index (χ2n) is 4.35. The van der Waals surface area contributed by atoms with E-state index in [9.17, 15) is 4.79 Å². The minimum atomic E-state index is -0.612. The van der Waals surface area contributed by atoms with Gasteiger partial charge in [0.25, 0.3) is 0 Å². The highest BCUT2D eigenvalue weighted by Gasteiger charge is 2.22. The number of rotatable bonds is 3. The molecule has 0 aromatic carbocycles. The van der Waals surface area contributed by atoms with Crippen LogP contribution in [-0.4, -0.2) is 23.7 Å². The van der Waals surface area contributed by atoms with Crippen LogP contribution in [0.1, 0.15) is 34.1 Å². The number of nitrogens with two attached hydrogens (primary N) is 2. The van der Waals surface area contributed by atoms with Gasteiger partial charge in [-0.15, -0.1) is 12.4 Å². The van der Waals surface area contributed by atoms with Crippen molar-refractivity contribution in [1.82, 2.24) is 0 Å². The van der Waals surface area contributed by atoms with Crippen LogP contribution in [0, 0.1) is 0 Å². The van der Waals surface area contributed by atoms with Gasteiger partial charge in [-0.3, -0.25) is 4.79 Å². The largest absolute Gasteiger partial charge is 0.459 e. The molecule has 0 fully saturated rings. The van der Waals surface area contributed by atoms with Crippen LogP contribution in [0.25, 0.3) is 0 Å². The van der Waals surface area contributed by atoms with Gasteiger partial charge >= 0.3 is 5.97 Å². The molecule has 4 nitrogen and oxygen atoms in total. The third-order valence-corrected chi connectivity index (χ3v) is 1.34. The standard InChI is InChI=1S/C9H20N2O2.ClH/c1-6(10)5-7(11)8(12)13-9(2,3)4;/h6-7H,5,10-11H2,1-4H3;1H. The Morgan fingerprint density at radius 1 is 1.36 bits per heavy atom. The van der Waals surface area contributed by atoms with Crippen molar-refractivity contribution < 1.29 is 9.53 Å². The minimum Gasteiger partial charge on any atom is -0.459 e. The van der Waals surface area contributed by atoms with E-state index in [-0.39, 0.29) is 24.4 Å². The number of carbonyl (C=O) groups excluding carboxylic acids is 1. The molecule has 14 heavy (non-hydrogen) atoms. The first-order valence-electron chi connectivity index (χ1n) is 4.46. The molecule has 4 N–H and O–H groups in total. The fourth-order valence-corrected chi connectivity index (χ4v) is 0.874. The Balaban J connectivity index is 0. The SMILES string of the molecule is CC(N)CC(N)C(=O)OC(C)(C)C.Cl. The Morgan fingerprint density at radius 2 is 1.79 bits per heavy atom. The van der Waals surface area contributed by atoms with Crippen LogP contribution in [0.2, 0.25) is 0 Å². The average molecular weight is 225 g/mol. The van der Waals surface area contributed by atoms with Crippen molar-refractivity contribution in [3.63, 3.8) is 0 Å². The lowest BCUT2D eigenvalue weighted by Crippen LogP contribution is -2.40. The lowest BCUT2D eigenvalue weighted by atomic mass is 10.1. The van der Waals surface area contributed by atoms with Gasteiger partial charge in [-0.05, 0) is 34.1 Å². The number of hydrogen-bond donors (Lipinski definition) is 2. The van der Waals surface area contributed by atoms with Gasteiger partial charge in [0.2, 0.25) is 0 Å². The van der Waals surface area contributed by atoms with Gasteiger partial charge in [-0.25, -0.2) is 0 Å². The van der Waals surface area contributed by atoms with Gasteiger partial charge < -0.3 is 16.2 Å². The van der Waals surface area contributed by atoms with Gasteiger partial charge in [0.15, 0.2) is 0 Å². The molecule has 0 saturated carbocycles. The van der Waals surface area contributed by atoms with E-state index in [1.54, 1.807) is 0 Å². The third-order valence-electron chi connectivity index (χ3n) is 1.34. The van der Waals surface area contributed by atoms with Gasteiger partial charge in [-0.1, -0.05) is 0 Å². The molecule has 0 aromatic heterocycles. The van der Waals surface area contributed by atoms with Crippen molar-refractivity contribution >= 4 is 18.4 Å². The van der Waals surface area contributed by atoms with Crippen LogP contribution in [0.15, 0.2) is 0 Å². The highest BCUT2D eigenvalue weighted by Crippen LogP contribution is 2.09. The molecule has 5 heteroatoms. The molecule has 0 aliphatic rings. The maximum Gasteiger partial charge on any atom is 0.323 e. The normalized spacial score (nSPS) is 15.3. The molecule has 0 saturated heterocycles. The van der Waals surface area contributed by atoms with E-state index >= 15 is 0 Å². The van der Waals surface area contributed by atoms with Gasteiger partial charge in [0, 0.05) is 6.04 Å². The topological polar surface area (TPSA) is 78.3 Å². The lowest BCUT2D eigenvalue weighted by Gasteiger charge is -2.22. The summed E-state index contributed by atoms with van der Waals surface area (Å²) in [6, 6.07) is -0.693. The van der Waals surface area contributed by atoms with Crippen LogP contribution in [0.4, 0.5) is 0 Å². The molecule has 86 valence electrons. The first kappa shape index (κ1) is 16.1. The lowest BCUT2D eigenvalue weighted by molar-refractivity contribution is -0.156. The van der Waals surface area contributed by atoms with Gasteiger partial charge in [-0.2, -0.15) is 0 Å². The predicted molar refractivity (Wildman–Crippen MR) is 59.3 cm³/mol. The zero-order chi connectivity index (χ0) is 10.6. The van der Waals surface area contributed by atoms with Crippen LogP contribution >= 0.6 is 12.4 Å². The molecular formula is C9H21ClN2O2. The molecule has 0 spiro atoms. The fourth-order valence-electron chi connectivity index (χ4n) is 0.874. The number of hydrogen-bond acceptors (Lipinski definition) is 4. The minimum absolute atomic E-state index is 0. The zero-order valence-electron chi connectivity index (χ0n) is 9.24. The summed E-state index contributed by atoms with van der Waals surface area (Å²) in [6.45, 7) is 7.24. The maximum atomic E-state index is 11.3. The second-order valence-corrected chi connectivity index (χ2v) is 4.35. The average Bonchev–Trinajstić information content (AvgIpc) is 1.81. The van der Waals surface area contributed by atoms with E-state index in [1.807, 2.05) is 27.7 Å². The van der Waals surface area contributed by atoms with Crippen molar-refractivity contribution in [1.29, 1.82) is 0 Å². The molecule has 0 amide bonds. The van der Waals surface area contributed by atoms with E-state index < -0.39 is 11.6 Å². The number of esters is 1. The Bertz CT molecular complexity index is 178. The summed E-state index contributed by atoms with van der Waals surface area (Å²) in [5.41, 5.74) is 10.6. The first-order chi connectivity index (χ1) is 5.72. The second kappa shape index (κ2) is 6.22. The first-order valence-corrected chi connectivity index (χ1v) is 4.46. The van der Waals surface area contributed by atoms with Gasteiger partial charge in [0.05, 0.1) is 0 Å². The van der Waals surface area contributed by atoms with Crippen molar-refractivity contribution in [3.8, 4) is 0 Å². The molecule has 0 radical (unpaired) electrons. The van der Waals surface area contributed by atoms with Crippen LogP contribution in [0.5, 0.6) is 0 Å². The predicted octanol–water partition coefficient (Wildman–Crippen LogP) is 0.814. The Morgan fingerprint density at radius 3 is 2.07 bits per heavy atom. The molecule has 2 atom stereocenters. The third kappa shape index (κ3) is 8.29. The molecule has 0 rings (SSSR count). The van der Waals surface area contributed by atoms with Crippen molar-refractivity contribution in [2.24, 2.45) is 11.5 Å². The summed E-state index contributed by atoms with van der Waals surface area (Å²) in [6.07, 6.45) is 0.453. The van der Waals surface area contributed by atoms with Crippen molar-refractivity contribution in [2.75, 3.05) is 0 Å². The number of halogens is 1. The Kier molecular flexibility index (Phi) is 7.16. The smallest absolute Gasteiger partial charge is 0.323 e. The summed E-state index contributed by atoms with van der Waals surface area (Å²) in [4.78, 5) is 11.3. The molecular weight excluding hydrogens is 204 g/mol. The van der Waals surface area contributed by atoms with E-state index in [4.69, 9.17) is 16.2 Å². The monoisotopic (exact) mass is 224 g/mol. The highest BCUT2D eigenvalue weighted by atomic mass is 35.5. The number of ether oxygens (including phenoxy) is 1. The molecule has 0 heterocycles. The summed E-state index contributed by atoms with van der Waals surface area (Å²) in [5.74, 6) is -0.384. The summed E-state index contributed by atoms with van der Waals surface area (Å²) < 4.78 is 5.08. The summed E-state index contributed by atoms with van der Waals surface area (Å²) in [7, 11) is 0. The molecule has 0 bridgehead atoms. The van der Waals surface area contributed by atoms with E-state index in [1.165, 1.54) is 0 Å². The van der Waals surface area contributed by atoms with E-state index in [2.05, 4.69) is 0 Å². The molecule has 0 aliphatic heterocycles. The van der Waals surface area contributed by atoms with E-state index in [0.717, 1.165) is 0 Å². The fraction of sp³-hybridized carbons (Fsp3) is 0.889. The van der Waals surface area contributed by atoms with Gasteiger partial charge in [0.1, 0.15) is 11.6 Å². The Hall–Kier alpha value is -0.320. The zero-order valence-corrected chi connectivity index (χ0v) is 10.1. The quantitative estimate of drug-likeness (QED) is 0.696. The highest BCUT2D eigenvalue weighted by molar-refractivity contribution is 5.85. The summed E-state index contributed by atoms with van der Waals surface area (Å²) >= 11 is 0. The van der Waals surface area contributed by atoms with Crippen LogP contribution in [0.3, 0.4) is 0 Å². The van der Waals surface area contributed by atoms with Crippen molar-refractivity contribution in [3.05, 3.63) is 0 Å². The van der Waals surface area contributed by atoms with Crippen LogP contribution in [-0.2, 0) is 9.53 Å². The Labute approximate surface area is 91.8 Å². The summed E-state index contributed by atoms with van der Waals surface area (Å²) in [5, 5.41) is 0. The molecule has 0 aromatic rings. The van der Waals surface area contributed by atoms with Crippen LogP contribution < -0.4 is 11.5 Å². The molecule has 2 unspecified atom stereocenters. The number of carbonyl (C=O) groups is 1.